The van der Waals surface area contributed by atoms with Crippen LogP contribution in [0.15, 0.2) is 41.4 Å². The van der Waals surface area contributed by atoms with Crippen molar-refractivity contribution in [1.82, 2.24) is 4.90 Å². The molecule has 1 atom stereocenters. The van der Waals surface area contributed by atoms with Crippen molar-refractivity contribution in [2.45, 2.75) is 6.04 Å². The van der Waals surface area contributed by atoms with Crippen LogP contribution in [0.4, 0.5) is 5.69 Å². The number of nitrogens with zero attached hydrogens (tertiary/aromatic N) is 2. The second kappa shape index (κ2) is 6.58. The fraction of sp³-hybridized carbons (Fsp3) is 0.412. The Balaban J connectivity index is 1.82. The van der Waals surface area contributed by atoms with Crippen molar-refractivity contribution in [2.24, 2.45) is 0 Å². The van der Waals surface area contributed by atoms with E-state index in [-0.39, 0.29) is 0 Å². The number of hydrogen-bond donors (Lipinski definition) is 0. The minimum atomic E-state index is 0.310. The normalized spacial score (nSPS) is 22.4. The number of hydrogen-bond acceptors (Lipinski definition) is 4. The number of anilines is 1. The number of morpholine rings is 1. The molecule has 2 aliphatic rings. The molecule has 112 valence electrons. The van der Waals surface area contributed by atoms with Gasteiger partial charge in [-0.15, -0.1) is 11.8 Å². The molecule has 0 amide bonds. The molecule has 1 aromatic rings. The van der Waals surface area contributed by atoms with Crippen molar-refractivity contribution in [2.75, 3.05) is 44.5 Å². The van der Waals surface area contributed by atoms with Crippen LogP contribution in [0.1, 0.15) is 5.56 Å². The zero-order valence-electron chi connectivity index (χ0n) is 12.7. The minimum absolute atomic E-state index is 0.310. The van der Waals surface area contributed by atoms with E-state index in [4.69, 9.17) is 4.74 Å². The SMILES string of the molecule is CS/C(=C\C1C=Cc2ccccc2N1C)N1CCOCC1. The Morgan fingerprint density at radius 3 is 2.81 bits per heavy atom. The molecule has 0 spiro atoms. The number of likely N-dealkylation sites (N-methyl/N-ethyl adjacent to an activating group) is 1. The van der Waals surface area contributed by atoms with Gasteiger partial charge in [0.2, 0.25) is 0 Å². The molecule has 21 heavy (non-hydrogen) atoms. The largest absolute Gasteiger partial charge is 0.378 e. The van der Waals surface area contributed by atoms with E-state index < -0.39 is 0 Å². The van der Waals surface area contributed by atoms with Gasteiger partial charge in [0, 0.05) is 25.8 Å². The Morgan fingerprint density at radius 1 is 1.29 bits per heavy atom. The average Bonchev–Trinajstić information content (AvgIpc) is 2.55. The molecule has 0 bridgehead atoms. The molecular weight excluding hydrogens is 280 g/mol. The monoisotopic (exact) mass is 302 g/mol. The van der Waals surface area contributed by atoms with Crippen molar-refractivity contribution in [3.05, 3.63) is 47.0 Å². The Hall–Kier alpha value is -1.39. The Labute approximate surface area is 131 Å². The highest BCUT2D eigenvalue weighted by Gasteiger charge is 2.20. The van der Waals surface area contributed by atoms with E-state index in [1.54, 1.807) is 0 Å². The summed E-state index contributed by atoms with van der Waals surface area (Å²) in [6.07, 6.45) is 9.02. The highest BCUT2D eigenvalue weighted by molar-refractivity contribution is 8.02. The molecule has 1 saturated heterocycles. The Kier molecular flexibility index (Phi) is 4.56. The van der Waals surface area contributed by atoms with Gasteiger partial charge in [0.05, 0.1) is 24.3 Å². The molecule has 3 rings (SSSR count). The van der Waals surface area contributed by atoms with Crippen LogP contribution in [0.5, 0.6) is 0 Å². The summed E-state index contributed by atoms with van der Waals surface area (Å²) in [5.41, 5.74) is 2.59. The number of thioether (sulfide) groups is 1. The van der Waals surface area contributed by atoms with Crippen LogP contribution in [-0.2, 0) is 4.74 Å². The van der Waals surface area contributed by atoms with Gasteiger partial charge in [0.1, 0.15) is 0 Å². The molecule has 1 fully saturated rings. The lowest BCUT2D eigenvalue weighted by molar-refractivity contribution is 0.0575. The topological polar surface area (TPSA) is 15.7 Å². The molecular formula is C17H22N2OS. The van der Waals surface area contributed by atoms with Gasteiger partial charge in [-0.25, -0.2) is 0 Å². The third kappa shape index (κ3) is 3.11. The molecule has 0 aliphatic carbocycles. The average molecular weight is 302 g/mol. The maximum absolute atomic E-state index is 5.45. The Morgan fingerprint density at radius 2 is 2.05 bits per heavy atom. The molecule has 1 unspecified atom stereocenters. The van der Waals surface area contributed by atoms with Gasteiger partial charge in [0.25, 0.3) is 0 Å². The van der Waals surface area contributed by atoms with Gasteiger partial charge in [-0.1, -0.05) is 30.4 Å². The second-order valence-electron chi connectivity index (χ2n) is 5.33. The fourth-order valence-corrected chi connectivity index (χ4v) is 3.56. The molecule has 0 aromatic heterocycles. The van der Waals surface area contributed by atoms with E-state index in [1.807, 2.05) is 11.8 Å². The van der Waals surface area contributed by atoms with Gasteiger partial charge in [-0.3, -0.25) is 0 Å². The van der Waals surface area contributed by atoms with E-state index in [0.717, 1.165) is 26.3 Å². The Bertz CT molecular complexity index is 549. The van der Waals surface area contributed by atoms with E-state index in [0.29, 0.717) is 6.04 Å². The van der Waals surface area contributed by atoms with E-state index >= 15 is 0 Å². The van der Waals surface area contributed by atoms with E-state index in [2.05, 4.69) is 65.6 Å². The summed E-state index contributed by atoms with van der Waals surface area (Å²) in [7, 11) is 2.17. The van der Waals surface area contributed by atoms with Crippen molar-refractivity contribution in [3.8, 4) is 0 Å². The number of para-hydroxylation sites is 1. The van der Waals surface area contributed by atoms with Crippen LogP contribution in [0.25, 0.3) is 6.08 Å². The zero-order chi connectivity index (χ0) is 14.7. The number of benzene rings is 1. The molecule has 3 nitrogen and oxygen atoms in total. The lowest BCUT2D eigenvalue weighted by Crippen LogP contribution is -2.37. The van der Waals surface area contributed by atoms with Crippen molar-refractivity contribution in [1.29, 1.82) is 0 Å². The first-order valence-corrected chi connectivity index (χ1v) is 8.60. The summed E-state index contributed by atoms with van der Waals surface area (Å²) in [4.78, 5) is 4.77. The molecule has 0 N–H and O–H groups in total. The highest BCUT2D eigenvalue weighted by Crippen LogP contribution is 2.29. The molecule has 2 aliphatic heterocycles. The van der Waals surface area contributed by atoms with Gasteiger partial charge in [0.15, 0.2) is 0 Å². The number of fused-ring (bicyclic) bond motifs is 1. The minimum Gasteiger partial charge on any atom is -0.378 e. The van der Waals surface area contributed by atoms with Crippen molar-refractivity contribution in [3.63, 3.8) is 0 Å². The predicted molar refractivity (Wildman–Crippen MR) is 91.7 cm³/mol. The van der Waals surface area contributed by atoms with Gasteiger partial charge >= 0.3 is 0 Å². The van der Waals surface area contributed by atoms with Crippen LogP contribution < -0.4 is 4.90 Å². The lowest BCUT2D eigenvalue weighted by Gasteiger charge is -2.34. The van der Waals surface area contributed by atoms with Crippen LogP contribution in [0.2, 0.25) is 0 Å². The second-order valence-corrected chi connectivity index (χ2v) is 6.15. The smallest absolute Gasteiger partial charge is 0.0689 e. The van der Waals surface area contributed by atoms with Gasteiger partial charge in [-0.2, -0.15) is 0 Å². The molecule has 0 saturated carbocycles. The molecule has 1 aromatic carbocycles. The fourth-order valence-electron chi connectivity index (χ4n) is 2.84. The lowest BCUT2D eigenvalue weighted by atomic mass is 10.0. The third-order valence-corrected chi connectivity index (χ3v) is 4.89. The van der Waals surface area contributed by atoms with Crippen LogP contribution in [0.3, 0.4) is 0 Å². The molecule has 2 heterocycles. The zero-order valence-corrected chi connectivity index (χ0v) is 13.5. The number of rotatable bonds is 3. The molecule has 4 heteroatoms. The van der Waals surface area contributed by atoms with Gasteiger partial charge in [-0.05, 0) is 24.0 Å². The van der Waals surface area contributed by atoms with Gasteiger partial charge < -0.3 is 14.5 Å². The first kappa shape index (κ1) is 14.5. The third-order valence-electron chi connectivity index (χ3n) is 4.08. The van der Waals surface area contributed by atoms with Crippen LogP contribution in [0, 0.1) is 0 Å². The van der Waals surface area contributed by atoms with Crippen LogP contribution >= 0.6 is 11.8 Å². The van der Waals surface area contributed by atoms with Crippen LogP contribution in [-0.4, -0.2) is 50.5 Å². The summed E-state index contributed by atoms with van der Waals surface area (Å²) in [6.45, 7) is 3.64. The van der Waals surface area contributed by atoms with Crippen molar-refractivity contribution >= 4 is 23.5 Å². The highest BCUT2D eigenvalue weighted by atomic mass is 32.2. The van der Waals surface area contributed by atoms with Crippen molar-refractivity contribution < 1.29 is 4.74 Å². The predicted octanol–water partition coefficient (Wildman–Crippen LogP) is 3.05. The summed E-state index contributed by atoms with van der Waals surface area (Å²) >= 11 is 1.82. The number of ether oxygens (including phenoxy) is 1. The summed E-state index contributed by atoms with van der Waals surface area (Å²) in [5, 5.41) is 1.35. The first-order valence-electron chi connectivity index (χ1n) is 7.38. The standard InChI is InChI=1S/C17H22N2OS/c1-18-15(8-7-14-5-3-4-6-16(14)18)13-17(21-2)19-9-11-20-12-10-19/h3-8,13,15H,9-12H2,1-2H3/b17-13-. The maximum atomic E-state index is 5.45. The molecule has 0 radical (unpaired) electrons. The summed E-state index contributed by atoms with van der Waals surface area (Å²) < 4.78 is 5.45. The first-order chi connectivity index (χ1) is 10.3. The van der Waals surface area contributed by atoms with E-state index in [9.17, 15) is 0 Å². The summed E-state index contributed by atoms with van der Waals surface area (Å²) in [5.74, 6) is 0. The summed E-state index contributed by atoms with van der Waals surface area (Å²) in [6, 6.07) is 8.86. The quantitative estimate of drug-likeness (QED) is 0.852. The maximum Gasteiger partial charge on any atom is 0.0689 e. The van der Waals surface area contributed by atoms with E-state index in [1.165, 1.54) is 16.3 Å².